The summed E-state index contributed by atoms with van der Waals surface area (Å²) in [4.78, 5) is 32.7. The van der Waals surface area contributed by atoms with E-state index in [-0.39, 0.29) is 45.0 Å². The van der Waals surface area contributed by atoms with Gasteiger partial charge in [0.05, 0.1) is 11.7 Å². The van der Waals surface area contributed by atoms with Gasteiger partial charge in [0.15, 0.2) is 4.96 Å². The van der Waals surface area contributed by atoms with Crippen LogP contribution in [0.5, 0.6) is 0 Å². The van der Waals surface area contributed by atoms with E-state index >= 15 is 0 Å². The summed E-state index contributed by atoms with van der Waals surface area (Å²) in [6.45, 7) is 8.66. The first kappa shape index (κ1) is 24.9. The quantitative estimate of drug-likeness (QED) is 0.739. The van der Waals surface area contributed by atoms with Crippen LogP contribution in [0, 0.1) is 18.8 Å². The van der Waals surface area contributed by atoms with Gasteiger partial charge < -0.3 is 15.0 Å². The van der Waals surface area contributed by atoms with E-state index in [4.69, 9.17) is 4.74 Å². The van der Waals surface area contributed by atoms with E-state index in [0.717, 1.165) is 30.0 Å². The number of carbonyl (C=O) groups is 2. The maximum atomic E-state index is 12.9. The third-order valence-corrected chi connectivity index (χ3v) is 6.55. The maximum absolute atomic E-state index is 12.9. The number of aryl methyl sites for hydroxylation is 1. The highest BCUT2D eigenvalue weighted by atomic mass is 32.1. The number of hydrogen-bond donors (Lipinski definition) is 1. The van der Waals surface area contributed by atoms with Crippen LogP contribution in [0.2, 0.25) is 0 Å². The number of ether oxygens (including phenoxy) is 1. The Morgan fingerprint density at radius 3 is 2.73 bits per heavy atom. The molecule has 0 spiro atoms. The van der Waals surface area contributed by atoms with Crippen molar-refractivity contribution in [3.63, 3.8) is 0 Å². The van der Waals surface area contributed by atoms with E-state index < -0.39 is 5.60 Å². The highest BCUT2D eigenvalue weighted by Crippen LogP contribution is 2.42. The number of aromatic nitrogens is 2. The summed E-state index contributed by atoms with van der Waals surface area (Å²) in [5.41, 5.74) is 0.765. The van der Waals surface area contributed by atoms with Crippen LogP contribution in [0.25, 0.3) is 4.96 Å². The predicted octanol–water partition coefficient (Wildman–Crippen LogP) is 3.70. The van der Waals surface area contributed by atoms with Crippen LogP contribution in [0.4, 0.5) is 4.79 Å². The van der Waals surface area contributed by atoms with Crippen molar-refractivity contribution >= 4 is 55.3 Å². The van der Waals surface area contributed by atoms with E-state index in [2.05, 4.69) is 10.3 Å². The number of carbonyl (C=O) groups excluding carboxylic acids is 2. The molecule has 1 saturated carbocycles. The van der Waals surface area contributed by atoms with Gasteiger partial charge in [-0.25, -0.2) is 9.78 Å². The third-order valence-electron chi connectivity index (χ3n) is 5.79. The van der Waals surface area contributed by atoms with Gasteiger partial charge in [0.2, 0.25) is 0 Å². The number of rotatable bonds is 3. The van der Waals surface area contributed by atoms with E-state index in [9.17, 15) is 9.59 Å². The van der Waals surface area contributed by atoms with Crippen molar-refractivity contribution < 1.29 is 14.3 Å². The molecule has 3 atom stereocenters. The lowest BCUT2D eigenvalue weighted by Crippen LogP contribution is -2.47. The Hall–Kier alpha value is -1.39. The first-order valence-corrected chi connectivity index (χ1v) is 10.8. The standard InChI is InChI=1S/C20H28N4O3S.2H2S/c1-12-16(23-8-9-28-18(23)22-12)17(25)21-10-15-14-7-5-6-13(14)11-24(15)19(26)27-20(2,3)4;;/h8-9,13-15H,5-7,10-11H2,1-4H3,(H,21,25);2*1H2/t13-,14-,15+;;/m0../s1. The fraction of sp³-hybridized carbons (Fsp3) is 0.650. The molecule has 0 unspecified atom stereocenters. The number of amides is 2. The molecule has 1 aliphatic carbocycles. The van der Waals surface area contributed by atoms with Crippen LogP contribution < -0.4 is 5.32 Å². The lowest BCUT2D eigenvalue weighted by molar-refractivity contribution is 0.0200. The molecule has 1 aliphatic heterocycles. The van der Waals surface area contributed by atoms with Crippen LogP contribution >= 0.6 is 38.3 Å². The van der Waals surface area contributed by atoms with Crippen molar-refractivity contribution in [2.24, 2.45) is 11.8 Å². The highest BCUT2D eigenvalue weighted by molar-refractivity contribution is 7.59. The maximum Gasteiger partial charge on any atom is 0.410 e. The van der Waals surface area contributed by atoms with Gasteiger partial charge in [-0.15, -0.1) is 11.3 Å². The molecule has 7 nitrogen and oxygen atoms in total. The molecule has 0 aromatic carbocycles. The molecule has 30 heavy (non-hydrogen) atoms. The molecule has 4 rings (SSSR count). The molecule has 2 aromatic rings. The van der Waals surface area contributed by atoms with Crippen LogP contribution in [0.3, 0.4) is 0 Å². The van der Waals surface area contributed by atoms with Gasteiger partial charge in [0.1, 0.15) is 11.3 Å². The van der Waals surface area contributed by atoms with E-state index in [1.165, 1.54) is 17.8 Å². The van der Waals surface area contributed by atoms with Gasteiger partial charge in [0.25, 0.3) is 5.91 Å². The summed E-state index contributed by atoms with van der Waals surface area (Å²) in [6.07, 6.45) is 5.03. The Balaban J connectivity index is 0.00000160. The van der Waals surface area contributed by atoms with Crippen molar-refractivity contribution in [2.75, 3.05) is 13.1 Å². The minimum atomic E-state index is -0.526. The number of nitrogens with one attached hydrogen (secondary N) is 1. The lowest BCUT2D eigenvalue weighted by atomic mass is 9.94. The zero-order valence-electron chi connectivity index (χ0n) is 17.9. The van der Waals surface area contributed by atoms with Crippen LogP contribution in [0.1, 0.15) is 56.2 Å². The topological polar surface area (TPSA) is 75.9 Å². The fourth-order valence-corrected chi connectivity index (χ4v) is 5.42. The summed E-state index contributed by atoms with van der Waals surface area (Å²) < 4.78 is 7.45. The Morgan fingerprint density at radius 1 is 1.30 bits per heavy atom. The van der Waals surface area contributed by atoms with Gasteiger partial charge >= 0.3 is 6.09 Å². The largest absolute Gasteiger partial charge is 0.444 e. The minimum Gasteiger partial charge on any atom is -0.444 e. The molecule has 1 N–H and O–H groups in total. The molecule has 0 bridgehead atoms. The van der Waals surface area contributed by atoms with Gasteiger partial charge in [-0.1, -0.05) is 6.42 Å². The summed E-state index contributed by atoms with van der Waals surface area (Å²) in [7, 11) is 0. The Kier molecular flexibility index (Phi) is 7.79. The van der Waals surface area contributed by atoms with Crippen molar-refractivity contribution in [1.29, 1.82) is 0 Å². The molecule has 2 aliphatic rings. The number of nitrogens with zero attached hydrogens (tertiary/aromatic N) is 3. The molecule has 2 fully saturated rings. The monoisotopic (exact) mass is 472 g/mol. The molecule has 1 saturated heterocycles. The Morgan fingerprint density at radius 2 is 2.03 bits per heavy atom. The van der Waals surface area contributed by atoms with Crippen LogP contribution in [-0.4, -0.2) is 51.0 Å². The number of thiazole rings is 1. The number of hydrogen-bond acceptors (Lipinski definition) is 5. The Labute approximate surface area is 195 Å². The molecule has 2 amide bonds. The molecule has 3 heterocycles. The molecule has 2 aromatic heterocycles. The smallest absolute Gasteiger partial charge is 0.410 e. The number of fused-ring (bicyclic) bond motifs is 2. The van der Waals surface area contributed by atoms with Crippen molar-refractivity contribution in [2.45, 2.75) is 58.6 Å². The van der Waals surface area contributed by atoms with Gasteiger partial charge in [-0.3, -0.25) is 9.20 Å². The predicted molar refractivity (Wildman–Crippen MR) is 128 cm³/mol. The van der Waals surface area contributed by atoms with Gasteiger partial charge in [-0.2, -0.15) is 27.0 Å². The van der Waals surface area contributed by atoms with Crippen LogP contribution in [0.15, 0.2) is 11.6 Å². The van der Waals surface area contributed by atoms with Crippen molar-refractivity contribution in [3.8, 4) is 0 Å². The molecule has 0 radical (unpaired) electrons. The van der Waals surface area contributed by atoms with E-state index in [1.807, 2.05) is 48.6 Å². The second kappa shape index (κ2) is 9.40. The summed E-state index contributed by atoms with van der Waals surface area (Å²) in [5, 5.41) is 4.99. The number of likely N-dealkylation sites (tertiary alicyclic amines) is 1. The summed E-state index contributed by atoms with van der Waals surface area (Å²) in [6, 6.07) is -0.0162. The van der Waals surface area contributed by atoms with Gasteiger partial charge in [0, 0.05) is 24.7 Å². The van der Waals surface area contributed by atoms with Crippen molar-refractivity contribution in [1.82, 2.24) is 19.6 Å². The normalized spacial score (nSPS) is 22.9. The number of imidazole rings is 1. The van der Waals surface area contributed by atoms with Crippen molar-refractivity contribution in [3.05, 3.63) is 23.0 Å². The summed E-state index contributed by atoms with van der Waals surface area (Å²) in [5.74, 6) is 0.796. The molecular weight excluding hydrogens is 440 g/mol. The zero-order valence-corrected chi connectivity index (χ0v) is 20.7. The van der Waals surface area contributed by atoms with E-state index in [1.54, 1.807) is 0 Å². The SMILES string of the molecule is Cc1nc2sccn2c1C(=O)NC[C@@H]1[C@H]2CCC[C@H]2CN1C(=O)OC(C)(C)C.S.S. The molecular formula is C20H32N4O3S3. The minimum absolute atomic E-state index is 0. The van der Waals surface area contributed by atoms with Crippen LogP contribution in [-0.2, 0) is 4.74 Å². The highest BCUT2D eigenvalue weighted by Gasteiger charge is 2.47. The third kappa shape index (κ3) is 4.75. The average molecular weight is 473 g/mol. The zero-order chi connectivity index (χ0) is 20.1. The average Bonchev–Trinajstić information content (AvgIpc) is 3.30. The first-order chi connectivity index (χ1) is 13.2. The van der Waals surface area contributed by atoms with E-state index in [0.29, 0.717) is 24.1 Å². The molecule has 10 heteroatoms. The summed E-state index contributed by atoms with van der Waals surface area (Å²) >= 11 is 1.51. The second-order valence-corrected chi connectivity index (χ2v) is 9.74. The molecule has 168 valence electrons. The second-order valence-electron chi connectivity index (χ2n) is 8.87. The Bertz CT molecular complexity index is 905. The first-order valence-electron chi connectivity index (χ1n) is 9.94. The van der Waals surface area contributed by atoms with Gasteiger partial charge in [-0.05, 0) is 52.4 Å². The lowest BCUT2D eigenvalue weighted by Gasteiger charge is -2.30. The fourth-order valence-electron chi connectivity index (χ4n) is 4.66.